The van der Waals surface area contributed by atoms with Crippen LogP contribution in [0.25, 0.3) is 0 Å². The van der Waals surface area contributed by atoms with Gasteiger partial charge in [0.2, 0.25) is 10.0 Å². The van der Waals surface area contributed by atoms with Crippen LogP contribution in [0.5, 0.6) is 5.75 Å². The van der Waals surface area contributed by atoms with E-state index in [0.29, 0.717) is 38.5 Å². The highest BCUT2D eigenvalue weighted by molar-refractivity contribution is 7.89. The van der Waals surface area contributed by atoms with E-state index < -0.39 is 10.0 Å². The van der Waals surface area contributed by atoms with Gasteiger partial charge in [0.25, 0.3) is 5.91 Å². The molecule has 0 saturated carbocycles. The number of carbonyl (C=O) groups excluding carboxylic acids is 1. The van der Waals surface area contributed by atoms with E-state index in [-0.39, 0.29) is 10.8 Å². The Morgan fingerprint density at radius 1 is 1.11 bits per heavy atom. The summed E-state index contributed by atoms with van der Waals surface area (Å²) in [5.74, 6) is 0.639. The fourth-order valence-corrected chi connectivity index (χ4v) is 5.79. The number of rotatable bonds is 6. The van der Waals surface area contributed by atoms with Crippen molar-refractivity contribution in [2.24, 2.45) is 0 Å². The summed E-state index contributed by atoms with van der Waals surface area (Å²) in [5, 5.41) is 0. The van der Waals surface area contributed by atoms with E-state index in [1.54, 1.807) is 29.2 Å². The standard InChI is InChI=1S/C20H26N2O4S2/c1-4-18-15(3)14-19(27-18)20(23)21-10-12-22(13-11-21)28(24,25)17-8-6-16(7-9-17)26-5-2/h6-9,14H,4-5,10-13H2,1-3H3. The van der Waals surface area contributed by atoms with Crippen LogP contribution in [0.15, 0.2) is 35.2 Å². The van der Waals surface area contributed by atoms with Crippen molar-refractivity contribution in [3.05, 3.63) is 45.6 Å². The summed E-state index contributed by atoms with van der Waals surface area (Å²) in [4.78, 5) is 16.7. The average Bonchev–Trinajstić information content (AvgIpc) is 3.09. The molecule has 0 radical (unpaired) electrons. The van der Waals surface area contributed by atoms with E-state index >= 15 is 0 Å². The summed E-state index contributed by atoms with van der Waals surface area (Å²) in [6.45, 7) is 7.90. The van der Waals surface area contributed by atoms with Crippen molar-refractivity contribution in [2.45, 2.75) is 32.1 Å². The lowest BCUT2D eigenvalue weighted by molar-refractivity contribution is 0.0702. The molecule has 2 aromatic rings. The molecule has 2 heterocycles. The van der Waals surface area contributed by atoms with E-state index in [0.717, 1.165) is 16.9 Å². The van der Waals surface area contributed by atoms with Crippen molar-refractivity contribution in [2.75, 3.05) is 32.8 Å². The number of thiophene rings is 1. The molecule has 1 aromatic carbocycles. The number of piperazine rings is 1. The highest BCUT2D eigenvalue weighted by Gasteiger charge is 2.31. The second-order valence-corrected chi connectivity index (χ2v) is 9.75. The number of aryl methyl sites for hydroxylation is 2. The molecule has 1 saturated heterocycles. The Bertz CT molecular complexity index is 928. The molecule has 8 heteroatoms. The lowest BCUT2D eigenvalue weighted by atomic mass is 10.2. The molecule has 1 amide bonds. The van der Waals surface area contributed by atoms with Gasteiger partial charge >= 0.3 is 0 Å². The van der Waals surface area contributed by atoms with Gasteiger partial charge in [-0.15, -0.1) is 11.3 Å². The number of hydrogen-bond donors (Lipinski definition) is 0. The molecule has 0 bridgehead atoms. The number of hydrogen-bond acceptors (Lipinski definition) is 5. The molecule has 0 aliphatic carbocycles. The third-order valence-electron chi connectivity index (χ3n) is 4.85. The molecular weight excluding hydrogens is 396 g/mol. The summed E-state index contributed by atoms with van der Waals surface area (Å²) >= 11 is 1.53. The van der Waals surface area contributed by atoms with Gasteiger partial charge in [0.05, 0.1) is 16.4 Å². The predicted molar refractivity (Wildman–Crippen MR) is 111 cm³/mol. The summed E-state index contributed by atoms with van der Waals surface area (Å²) in [6.07, 6.45) is 0.915. The molecule has 6 nitrogen and oxygen atoms in total. The first kappa shape index (κ1) is 20.8. The number of sulfonamides is 1. The topological polar surface area (TPSA) is 66.9 Å². The normalized spacial score (nSPS) is 15.6. The van der Waals surface area contributed by atoms with Gasteiger partial charge in [-0.05, 0) is 56.2 Å². The third kappa shape index (κ3) is 4.24. The van der Waals surface area contributed by atoms with Crippen LogP contribution in [-0.4, -0.2) is 56.3 Å². The molecule has 0 spiro atoms. The van der Waals surface area contributed by atoms with Crippen molar-refractivity contribution in [1.29, 1.82) is 0 Å². The first-order chi connectivity index (χ1) is 13.4. The van der Waals surface area contributed by atoms with Crippen LogP contribution in [0.2, 0.25) is 0 Å². The maximum Gasteiger partial charge on any atom is 0.264 e. The summed E-state index contributed by atoms with van der Waals surface area (Å²) in [7, 11) is -3.57. The Morgan fingerprint density at radius 3 is 2.29 bits per heavy atom. The van der Waals surface area contributed by atoms with Gasteiger partial charge in [0.1, 0.15) is 5.75 Å². The summed E-state index contributed by atoms with van der Waals surface area (Å²) in [5.41, 5.74) is 1.15. The lowest BCUT2D eigenvalue weighted by Crippen LogP contribution is -2.50. The zero-order valence-corrected chi connectivity index (χ0v) is 18.1. The summed E-state index contributed by atoms with van der Waals surface area (Å²) < 4.78 is 32.6. The highest BCUT2D eigenvalue weighted by atomic mass is 32.2. The van der Waals surface area contributed by atoms with Crippen LogP contribution in [-0.2, 0) is 16.4 Å². The van der Waals surface area contributed by atoms with Crippen molar-refractivity contribution < 1.29 is 17.9 Å². The molecule has 1 fully saturated rings. The SMILES string of the molecule is CCOc1ccc(S(=O)(=O)N2CCN(C(=O)c3cc(C)c(CC)s3)CC2)cc1. The second-order valence-electron chi connectivity index (χ2n) is 6.67. The van der Waals surface area contributed by atoms with E-state index in [1.807, 2.05) is 19.9 Å². The van der Waals surface area contributed by atoms with Gasteiger partial charge in [-0.3, -0.25) is 4.79 Å². The molecule has 28 heavy (non-hydrogen) atoms. The first-order valence-corrected chi connectivity index (χ1v) is 11.7. The average molecular weight is 423 g/mol. The minimum absolute atomic E-state index is 0.00841. The molecule has 1 aliphatic heterocycles. The Hall–Kier alpha value is -1.90. The molecule has 0 atom stereocenters. The number of benzene rings is 1. The third-order valence-corrected chi connectivity index (χ3v) is 8.13. The fraction of sp³-hybridized carbons (Fsp3) is 0.450. The van der Waals surface area contributed by atoms with Gasteiger partial charge in [-0.2, -0.15) is 4.31 Å². The second kappa shape index (κ2) is 8.63. The summed E-state index contributed by atoms with van der Waals surface area (Å²) in [6, 6.07) is 8.41. The van der Waals surface area contributed by atoms with Crippen LogP contribution < -0.4 is 4.74 Å². The maximum absolute atomic E-state index is 12.9. The zero-order chi connectivity index (χ0) is 20.3. The maximum atomic E-state index is 12.9. The Balaban J connectivity index is 1.66. The Morgan fingerprint density at radius 2 is 1.75 bits per heavy atom. The monoisotopic (exact) mass is 422 g/mol. The Labute approximate surface area is 170 Å². The number of amides is 1. The predicted octanol–water partition coefficient (Wildman–Crippen LogP) is 3.16. The molecule has 1 aromatic heterocycles. The molecule has 1 aliphatic rings. The van der Waals surface area contributed by atoms with Crippen molar-refractivity contribution in [3.8, 4) is 5.75 Å². The largest absolute Gasteiger partial charge is 0.494 e. The van der Waals surface area contributed by atoms with Gasteiger partial charge in [0.15, 0.2) is 0 Å². The first-order valence-electron chi connectivity index (χ1n) is 9.48. The van der Waals surface area contributed by atoms with Crippen molar-refractivity contribution >= 4 is 27.3 Å². The smallest absolute Gasteiger partial charge is 0.264 e. The van der Waals surface area contributed by atoms with E-state index in [9.17, 15) is 13.2 Å². The number of nitrogens with zero attached hydrogens (tertiary/aromatic N) is 2. The number of carbonyl (C=O) groups is 1. The quantitative estimate of drug-likeness (QED) is 0.717. The lowest BCUT2D eigenvalue weighted by Gasteiger charge is -2.33. The van der Waals surface area contributed by atoms with E-state index in [1.165, 1.54) is 20.5 Å². The van der Waals surface area contributed by atoms with E-state index in [2.05, 4.69) is 6.92 Å². The molecule has 152 valence electrons. The molecule has 0 unspecified atom stereocenters. The van der Waals surface area contributed by atoms with Crippen molar-refractivity contribution in [1.82, 2.24) is 9.21 Å². The van der Waals surface area contributed by atoms with Gasteiger partial charge in [-0.1, -0.05) is 6.92 Å². The van der Waals surface area contributed by atoms with Gasteiger partial charge in [-0.25, -0.2) is 8.42 Å². The van der Waals surface area contributed by atoms with Crippen molar-refractivity contribution in [3.63, 3.8) is 0 Å². The van der Waals surface area contributed by atoms with Crippen LogP contribution in [0, 0.1) is 6.92 Å². The van der Waals surface area contributed by atoms with Gasteiger partial charge in [0, 0.05) is 31.1 Å². The fourth-order valence-electron chi connectivity index (χ4n) is 3.29. The Kier molecular flexibility index (Phi) is 6.42. The van der Waals surface area contributed by atoms with E-state index in [4.69, 9.17) is 4.74 Å². The van der Waals surface area contributed by atoms with Crippen LogP contribution in [0.1, 0.15) is 34.0 Å². The van der Waals surface area contributed by atoms with Crippen LogP contribution >= 0.6 is 11.3 Å². The minimum atomic E-state index is -3.57. The van der Waals surface area contributed by atoms with Gasteiger partial charge < -0.3 is 9.64 Å². The molecular formula is C20H26N2O4S2. The number of ether oxygens (including phenoxy) is 1. The van der Waals surface area contributed by atoms with Crippen LogP contribution in [0.4, 0.5) is 0 Å². The highest BCUT2D eigenvalue weighted by Crippen LogP contribution is 2.25. The van der Waals surface area contributed by atoms with Crippen LogP contribution in [0.3, 0.4) is 0 Å². The molecule has 3 rings (SSSR count). The molecule has 0 N–H and O–H groups in total. The minimum Gasteiger partial charge on any atom is -0.494 e. The zero-order valence-electron chi connectivity index (χ0n) is 16.5.